The lowest BCUT2D eigenvalue weighted by atomic mass is 10.1. The van der Waals surface area contributed by atoms with Crippen LogP contribution in [-0.2, 0) is 4.79 Å². The number of hydrogen-bond donors (Lipinski definition) is 2. The number of carbonyl (C=O) groups excluding carboxylic acids is 1. The molecule has 1 aromatic rings. The molecule has 1 unspecified atom stereocenters. The Bertz CT molecular complexity index is 448. The van der Waals surface area contributed by atoms with Crippen LogP contribution < -0.4 is 5.32 Å². The normalized spacial score (nSPS) is 19.2. The van der Waals surface area contributed by atoms with Gasteiger partial charge in [-0.3, -0.25) is 9.69 Å². The Labute approximate surface area is 120 Å². The zero-order chi connectivity index (χ0) is 14.4. The third kappa shape index (κ3) is 4.05. The van der Waals surface area contributed by atoms with E-state index in [4.69, 9.17) is 5.11 Å². The van der Waals surface area contributed by atoms with Crippen LogP contribution in [0.1, 0.15) is 31.2 Å². The van der Waals surface area contributed by atoms with Gasteiger partial charge in [-0.05, 0) is 50.8 Å². The number of likely N-dealkylation sites (tertiary alicyclic amines) is 1. The quantitative estimate of drug-likeness (QED) is 0.837. The van der Waals surface area contributed by atoms with Gasteiger partial charge in [0, 0.05) is 18.3 Å². The lowest BCUT2D eigenvalue weighted by Crippen LogP contribution is -2.37. The van der Waals surface area contributed by atoms with E-state index in [1.165, 1.54) is 0 Å². The van der Waals surface area contributed by atoms with Gasteiger partial charge in [-0.25, -0.2) is 0 Å². The molecule has 1 aliphatic heterocycles. The lowest BCUT2D eigenvalue weighted by molar-refractivity contribution is -0.117. The van der Waals surface area contributed by atoms with Gasteiger partial charge in [0.1, 0.15) is 0 Å². The summed E-state index contributed by atoms with van der Waals surface area (Å²) in [6, 6.07) is 8.28. The van der Waals surface area contributed by atoms with Crippen molar-refractivity contribution >= 4 is 11.6 Å². The predicted octanol–water partition coefficient (Wildman–Crippen LogP) is 2.17. The smallest absolute Gasteiger partial charge is 0.238 e. The molecule has 1 aromatic carbocycles. The topological polar surface area (TPSA) is 52.6 Å². The van der Waals surface area contributed by atoms with E-state index in [9.17, 15) is 4.79 Å². The summed E-state index contributed by atoms with van der Waals surface area (Å²) >= 11 is 0. The first-order valence-electron chi connectivity index (χ1n) is 7.41. The van der Waals surface area contributed by atoms with Crippen LogP contribution in [0, 0.1) is 6.92 Å². The van der Waals surface area contributed by atoms with Crippen molar-refractivity contribution in [2.45, 2.75) is 38.6 Å². The maximum atomic E-state index is 12.1. The van der Waals surface area contributed by atoms with Crippen molar-refractivity contribution in [1.82, 2.24) is 4.90 Å². The molecule has 1 heterocycles. The third-order valence-electron chi connectivity index (χ3n) is 3.96. The second-order valence-corrected chi connectivity index (χ2v) is 5.50. The molecular formula is C16H24N2O2. The van der Waals surface area contributed by atoms with Crippen LogP contribution >= 0.6 is 0 Å². The highest BCUT2D eigenvalue weighted by atomic mass is 16.3. The van der Waals surface area contributed by atoms with E-state index < -0.39 is 0 Å². The first kappa shape index (κ1) is 15.0. The van der Waals surface area contributed by atoms with Gasteiger partial charge in [0.25, 0.3) is 0 Å². The number of aryl methyl sites for hydroxylation is 1. The van der Waals surface area contributed by atoms with E-state index >= 15 is 0 Å². The fraction of sp³-hybridized carbons (Fsp3) is 0.562. The molecule has 4 nitrogen and oxygen atoms in total. The fourth-order valence-electron chi connectivity index (χ4n) is 2.84. The first-order chi connectivity index (χ1) is 9.70. The second-order valence-electron chi connectivity index (χ2n) is 5.50. The number of aliphatic hydroxyl groups is 1. The van der Waals surface area contributed by atoms with Crippen molar-refractivity contribution in [3.63, 3.8) is 0 Å². The van der Waals surface area contributed by atoms with Gasteiger partial charge in [0.05, 0.1) is 6.54 Å². The molecule has 20 heavy (non-hydrogen) atoms. The predicted molar refractivity (Wildman–Crippen MR) is 80.7 cm³/mol. The first-order valence-corrected chi connectivity index (χ1v) is 7.41. The summed E-state index contributed by atoms with van der Waals surface area (Å²) in [5.41, 5.74) is 1.97. The van der Waals surface area contributed by atoms with Crippen LogP contribution in [-0.4, -0.2) is 41.7 Å². The van der Waals surface area contributed by atoms with Crippen molar-refractivity contribution in [1.29, 1.82) is 0 Å². The maximum absolute atomic E-state index is 12.1. The number of aliphatic hydroxyl groups excluding tert-OH is 1. The molecule has 1 amide bonds. The number of rotatable bonds is 6. The molecule has 2 rings (SSSR count). The molecule has 0 spiro atoms. The molecule has 0 saturated carbocycles. The van der Waals surface area contributed by atoms with Gasteiger partial charge in [0.2, 0.25) is 5.91 Å². The molecule has 1 saturated heterocycles. The zero-order valence-corrected chi connectivity index (χ0v) is 12.1. The summed E-state index contributed by atoms with van der Waals surface area (Å²) in [5.74, 6) is 0.0511. The number of carbonyl (C=O) groups is 1. The number of amides is 1. The summed E-state index contributed by atoms with van der Waals surface area (Å²) in [5, 5.41) is 11.9. The Morgan fingerprint density at radius 2 is 2.25 bits per heavy atom. The largest absolute Gasteiger partial charge is 0.396 e. The monoisotopic (exact) mass is 276 g/mol. The van der Waals surface area contributed by atoms with Crippen LogP contribution in [0.4, 0.5) is 5.69 Å². The molecule has 110 valence electrons. The minimum absolute atomic E-state index is 0.0511. The van der Waals surface area contributed by atoms with Gasteiger partial charge in [0.15, 0.2) is 0 Å². The van der Waals surface area contributed by atoms with E-state index in [2.05, 4.69) is 10.2 Å². The molecule has 0 aromatic heterocycles. The molecule has 2 N–H and O–H groups in total. The molecule has 1 atom stereocenters. The fourth-order valence-corrected chi connectivity index (χ4v) is 2.84. The minimum Gasteiger partial charge on any atom is -0.396 e. The van der Waals surface area contributed by atoms with Crippen LogP contribution in [0.5, 0.6) is 0 Å². The van der Waals surface area contributed by atoms with Crippen LogP contribution in [0.3, 0.4) is 0 Å². The van der Waals surface area contributed by atoms with Crippen molar-refractivity contribution < 1.29 is 9.90 Å². The number of nitrogens with zero attached hydrogens (tertiary/aromatic N) is 1. The highest BCUT2D eigenvalue weighted by Crippen LogP contribution is 2.21. The molecule has 0 radical (unpaired) electrons. The Hall–Kier alpha value is -1.39. The maximum Gasteiger partial charge on any atom is 0.238 e. The Balaban J connectivity index is 1.86. The van der Waals surface area contributed by atoms with Crippen molar-refractivity contribution in [2.24, 2.45) is 0 Å². The van der Waals surface area contributed by atoms with E-state index in [0.29, 0.717) is 12.6 Å². The Morgan fingerprint density at radius 3 is 3.00 bits per heavy atom. The highest BCUT2D eigenvalue weighted by molar-refractivity contribution is 5.92. The van der Waals surface area contributed by atoms with Crippen LogP contribution in [0.25, 0.3) is 0 Å². The number of para-hydroxylation sites is 1. The van der Waals surface area contributed by atoms with Crippen LogP contribution in [0.2, 0.25) is 0 Å². The summed E-state index contributed by atoms with van der Waals surface area (Å²) in [6.45, 7) is 3.66. The number of benzene rings is 1. The average Bonchev–Trinajstić information content (AvgIpc) is 2.86. The molecule has 1 fully saturated rings. The highest BCUT2D eigenvalue weighted by Gasteiger charge is 2.25. The molecule has 0 aliphatic carbocycles. The van der Waals surface area contributed by atoms with E-state index in [0.717, 1.165) is 43.5 Å². The van der Waals surface area contributed by atoms with E-state index in [1.807, 2.05) is 31.2 Å². The number of nitrogens with one attached hydrogen (secondary N) is 1. The molecular weight excluding hydrogens is 252 g/mol. The van der Waals surface area contributed by atoms with Gasteiger partial charge in [-0.2, -0.15) is 0 Å². The number of hydrogen-bond acceptors (Lipinski definition) is 3. The van der Waals surface area contributed by atoms with Crippen molar-refractivity contribution in [3.05, 3.63) is 29.8 Å². The van der Waals surface area contributed by atoms with Crippen molar-refractivity contribution in [2.75, 3.05) is 25.0 Å². The van der Waals surface area contributed by atoms with Crippen LogP contribution in [0.15, 0.2) is 24.3 Å². The summed E-state index contributed by atoms with van der Waals surface area (Å²) in [7, 11) is 0. The zero-order valence-electron chi connectivity index (χ0n) is 12.1. The number of anilines is 1. The minimum atomic E-state index is 0.0511. The Morgan fingerprint density at radius 1 is 1.45 bits per heavy atom. The van der Waals surface area contributed by atoms with Gasteiger partial charge < -0.3 is 10.4 Å². The van der Waals surface area contributed by atoms with E-state index in [1.54, 1.807) is 0 Å². The van der Waals surface area contributed by atoms with Gasteiger partial charge in [-0.1, -0.05) is 18.2 Å². The summed E-state index contributed by atoms with van der Waals surface area (Å²) in [4.78, 5) is 14.4. The van der Waals surface area contributed by atoms with Crippen molar-refractivity contribution in [3.8, 4) is 0 Å². The summed E-state index contributed by atoms with van der Waals surface area (Å²) < 4.78 is 0. The molecule has 4 heteroatoms. The molecule has 1 aliphatic rings. The van der Waals surface area contributed by atoms with Gasteiger partial charge in [-0.15, -0.1) is 0 Å². The Kier molecular flexibility index (Phi) is 5.56. The van der Waals surface area contributed by atoms with Gasteiger partial charge >= 0.3 is 0 Å². The van der Waals surface area contributed by atoms with E-state index in [-0.39, 0.29) is 12.5 Å². The third-order valence-corrected chi connectivity index (χ3v) is 3.96. The molecule has 0 bridgehead atoms. The second kappa shape index (κ2) is 7.41. The standard InChI is InChI=1S/C16H24N2O2/c1-13-6-2-3-9-15(13)17-16(20)12-18-10-4-7-14(18)8-5-11-19/h2-3,6,9,14,19H,4-5,7-8,10-12H2,1H3,(H,17,20). The lowest BCUT2D eigenvalue weighted by Gasteiger charge is -2.23. The average molecular weight is 276 g/mol. The summed E-state index contributed by atoms with van der Waals surface area (Å²) in [6.07, 6.45) is 4.08. The SMILES string of the molecule is Cc1ccccc1NC(=O)CN1CCCC1CCCO.